The Morgan fingerprint density at radius 2 is 1.90 bits per heavy atom. The molecule has 2 aromatic carbocycles. The first-order valence-corrected chi connectivity index (χ1v) is 10.3. The number of hydrogen-bond acceptors (Lipinski definition) is 6. The van der Waals surface area contributed by atoms with Crippen molar-refractivity contribution >= 4 is 27.3 Å². The Hall–Kier alpha value is -3.79. The molecule has 1 aromatic heterocycles. The second kappa shape index (κ2) is 8.70. The lowest BCUT2D eigenvalue weighted by Crippen LogP contribution is -2.25. The summed E-state index contributed by atoms with van der Waals surface area (Å²) in [5, 5.41) is 13.8. The topological polar surface area (TPSA) is 131 Å². The number of aryl methyl sites for hydroxylation is 1. The van der Waals surface area contributed by atoms with Crippen LogP contribution in [0.25, 0.3) is 0 Å². The van der Waals surface area contributed by atoms with E-state index < -0.39 is 20.9 Å². The monoisotopic (exact) mass is 426 g/mol. The maximum Gasteiger partial charge on any atom is 0.273 e. The molecule has 0 aliphatic carbocycles. The summed E-state index contributed by atoms with van der Waals surface area (Å²) in [7, 11) is -4.15. The average Bonchev–Trinajstić information content (AvgIpc) is 2.73. The van der Waals surface area contributed by atoms with Crippen molar-refractivity contribution in [1.29, 1.82) is 0 Å². The number of sulfonamides is 1. The van der Waals surface area contributed by atoms with Crippen molar-refractivity contribution in [2.24, 2.45) is 0 Å². The van der Waals surface area contributed by atoms with Gasteiger partial charge in [0.25, 0.3) is 21.6 Å². The molecular weight excluding hydrogens is 408 g/mol. The van der Waals surface area contributed by atoms with Crippen LogP contribution in [0.15, 0.2) is 71.9 Å². The number of nitrogens with zero attached hydrogens (tertiary/aromatic N) is 2. The Morgan fingerprint density at radius 1 is 1.13 bits per heavy atom. The zero-order valence-electron chi connectivity index (χ0n) is 15.9. The van der Waals surface area contributed by atoms with E-state index in [9.17, 15) is 23.3 Å². The fourth-order valence-electron chi connectivity index (χ4n) is 2.71. The minimum atomic E-state index is -4.15. The van der Waals surface area contributed by atoms with Crippen molar-refractivity contribution in [2.45, 2.75) is 18.4 Å². The third-order valence-electron chi connectivity index (χ3n) is 4.28. The molecule has 0 aliphatic rings. The molecule has 9 nitrogen and oxygen atoms in total. The summed E-state index contributed by atoms with van der Waals surface area (Å²) in [6.07, 6.45) is 3.23. The second-order valence-corrected chi connectivity index (χ2v) is 8.08. The highest BCUT2D eigenvalue weighted by Gasteiger charge is 2.22. The number of benzene rings is 2. The lowest BCUT2D eigenvalue weighted by Gasteiger charge is -2.13. The maximum atomic E-state index is 12.8. The molecule has 0 aliphatic heterocycles. The van der Waals surface area contributed by atoms with Gasteiger partial charge in [0.05, 0.1) is 21.1 Å². The molecule has 154 valence electrons. The molecule has 2 N–H and O–H groups in total. The van der Waals surface area contributed by atoms with Gasteiger partial charge in [-0.2, -0.15) is 0 Å². The van der Waals surface area contributed by atoms with E-state index in [0.29, 0.717) is 5.56 Å². The average molecular weight is 426 g/mol. The molecule has 3 aromatic rings. The number of aromatic nitrogens is 1. The number of carbonyl (C=O) groups is 1. The number of nitro benzene ring substituents is 1. The van der Waals surface area contributed by atoms with Crippen molar-refractivity contribution in [3.05, 3.63) is 93.8 Å². The summed E-state index contributed by atoms with van der Waals surface area (Å²) in [4.78, 5) is 26.8. The van der Waals surface area contributed by atoms with Gasteiger partial charge in [0.1, 0.15) is 0 Å². The molecule has 1 amide bonds. The van der Waals surface area contributed by atoms with Gasteiger partial charge in [0.2, 0.25) is 0 Å². The first-order valence-electron chi connectivity index (χ1n) is 8.82. The zero-order valence-corrected chi connectivity index (χ0v) is 16.7. The van der Waals surface area contributed by atoms with Gasteiger partial charge in [-0.1, -0.05) is 24.3 Å². The lowest BCUT2D eigenvalue weighted by atomic mass is 10.1. The summed E-state index contributed by atoms with van der Waals surface area (Å²) in [5.41, 5.74) is 1.00. The van der Waals surface area contributed by atoms with E-state index in [1.54, 1.807) is 36.7 Å². The summed E-state index contributed by atoms with van der Waals surface area (Å²) in [5.74, 6) is -0.480. The molecule has 0 saturated heterocycles. The van der Waals surface area contributed by atoms with Gasteiger partial charge in [-0.05, 0) is 36.8 Å². The number of anilines is 1. The number of nitrogens with one attached hydrogen (secondary N) is 2. The van der Waals surface area contributed by atoms with E-state index >= 15 is 0 Å². The van der Waals surface area contributed by atoms with Crippen LogP contribution < -0.4 is 10.0 Å². The smallest absolute Gasteiger partial charge is 0.273 e. The van der Waals surface area contributed by atoms with Crippen LogP contribution in [0.2, 0.25) is 0 Å². The Balaban J connectivity index is 1.84. The summed E-state index contributed by atoms with van der Waals surface area (Å²) >= 11 is 0. The molecule has 30 heavy (non-hydrogen) atoms. The largest absolute Gasteiger partial charge is 0.348 e. The van der Waals surface area contributed by atoms with E-state index in [2.05, 4.69) is 15.0 Å². The van der Waals surface area contributed by atoms with Gasteiger partial charge in [0, 0.05) is 30.6 Å². The molecule has 1 heterocycles. The molecule has 0 bridgehead atoms. The summed E-state index contributed by atoms with van der Waals surface area (Å²) in [6.45, 7) is 1.74. The molecule has 3 rings (SSSR count). The molecule has 0 spiro atoms. The Morgan fingerprint density at radius 3 is 2.60 bits per heavy atom. The highest BCUT2D eigenvalue weighted by molar-refractivity contribution is 7.92. The van der Waals surface area contributed by atoms with Crippen molar-refractivity contribution in [3.8, 4) is 0 Å². The van der Waals surface area contributed by atoms with Gasteiger partial charge in [-0.15, -0.1) is 0 Å². The molecule has 0 atom stereocenters. The van der Waals surface area contributed by atoms with Crippen molar-refractivity contribution < 1.29 is 18.1 Å². The molecule has 10 heteroatoms. The van der Waals surface area contributed by atoms with Crippen molar-refractivity contribution in [1.82, 2.24) is 10.3 Å². The van der Waals surface area contributed by atoms with Crippen LogP contribution >= 0.6 is 0 Å². The van der Waals surface area contributed by atoms with E-state index in [1.807, 2.05) is 0 Å². The van der Waals surface area contributed by atoms with Crippen LogP contribution in [-0.2, 0) is 16.6 Å². The van der Waals surface area contributed by atoms with Crippen LogP contribution in [0.5, 0.6) is 0 Å². The first kappa shape index (κ1) is 20.9. The highest BCUT2D eigenvalue weighted by Crippen LogP contribution is 2.25. The molecule has 0 unspecified atom stereocenters. The lowest BCUT2D eigenvalue weighted by molar-refractivity contribution is -0.385. The van der Waals surface area contributed by atoms with Crippen LogP contribution in [0.3, 0.4) is 0 Å². The third-order valence-corrected chi connectivity index (χ3v) is 5.64. The number of hydrogen-bond donors (Lipinski definition) is 2. The minimum Gasteiger partial charge on any atom is -0.348 e. The van der Waals surface area contributed by atoms with Crippen LogP contribution in [-0.4, -0.2) is 24.2 Å². The van der Waals surface area contributed by atoms with E-state index in [1.165, 1.54) is 31.2 Å². The normalized spacial score (nSPS) is 11.0. The van der Waals surface area contributed by atoms with E-state index in [-0.39, 0.29) is 28.4 Å². The first-order chi connectivity index (χ1) is 14.3. The Kier molecular flexibility index (Phi) is 6.07. The van der Waals surface area contributed by atoms with Gasteiger partial charge in [0.15, 0.2) is 0 Å². The Labute approximate surface area is 173 Å². The molecule has 0 radical (unpaired) electrons. The van der Waals surface area contributed by atoms with Crippen LogP contribution in [0.4, 0.5) is 11.4 Å². The van der Waals surface area contributed by atoms with E-state index in [0.717, 1.165) is 11.6 Å². The summed E-state index contributed by atoms with van der Waals surface area (Å²) in [6, 6.07) is 13.3. The maximum absolute atomic E-state index is 12.8. The number of amides is 1. The van der Waals surface area contributed by atoms with Crippen molar-refractivity contribution in [3.63, 3.8) is 0 Å². The molecule has 0 fully saturated rings. The molecular formula is C20H18N4O5S. The van der Waals surface area contributed by atoms with Crippen LogP contribution in [0.1, 0.15) is 21.5 Å². The number of para-hydroxylation sites is 1. The minimum absolute atomic E-state index is 0.0596. The fraction of sp³-hybridized carbons (Fsp3) is 0.100. The Bertz CT molecular complexity index is 1200. The van der Waals surface area contributed by atoms with E-state index in [4.69, 9.17) is 0 Å². The number of rotatable bonds is 7. The second-order valence-electron chi connectivity index (χ2n) is 6.40. The highest BCUT2D eigenvalue weighted by atomic mass is 32.2. The summed E-state index contributed by atoms with van der Waals surface area (Å²) < 4.78 is 27.9. The number of pyridine rings is 1. The third kappa shape index (κ3) is 4.78. The van der Waals surface area contributed by atoms with Gasteiger partial charge in [-0.3, -0.25) is 24.6 Å². The fourth-order valence-corrected chi connectivity index (χ4v) is 3.81. The van der Waals surface area contributed by atoms with Gasteiger partial charge in [-0.25, -0.2) is 8.42 Å². The van der Waals surface area contributed by atoms with Crippen LogP contribution in [0, 0.1) is 17.0 Å². The predicted molar refractivity (Wildman–Crippen MR) is 110 cm³/mol. The number of carbonyl (C=O) groups excluding carboxylic acids is 1. The zero-order chi connectivity index (χ0) is 21.7. The predicted octanol–water partition coefficient (Wildman–Crippen LogP) is 3.03. The SMILES string of the molecule is Cc1ccc(S(=O)(=O)Nc2ccccc2C(=O)NCc2cccnc2)cc1[N+](=O)[O-]. The molecule has 0 saturated carbocycles. The van der Waals surface area contributed by atoms with Gasteiger partial charge >= 0.3 is 0 Å². The standard InChI is InChI=1S/C20H18N4O5S/c1-14-8-9-16(11-19(14)24(26)27)30(28,29)23-18-7-3-2-6-17(18)20(25)22-13-15-5-4-10-21-12-15/h2-12,23H,13H2,1H3,(H,22,25). The number of nitro groups is 1. The van der Waals surface area contributed by atoms with Crippen molar-refractivity contribution in [2.75, 3.05) is 4.72 Å². The van der Waals surface area contributed by atoms with Gasteiger partial charge < -0.3 is 5.32 Å². The quantitative estimate of drug-likeness (QED) is 0.441.